The molecule has 1 saturated heterocycles. The first-order chi connectivity index (χ1) is 13.3. The standard InChI is InChI=1S/C22H26N4O/c1-2-23-15-17-11-13-25(14-12-17)22(27)18-7-9-19(10-8-18)26-16-24-20-5-3-4-6-21(20)26/h3-10,16-17,23H,2,11-15H2,1H3. The molecule has 0 aliphatic carbocycles. The molecule has 1 aliphatic heterocycles. The second kappa shape index (κ2) is 7.92. The molecule has 0 bridgehead atoms. The third-order valence-corrected chi connectivity index (χ3v) is 5.43. The lowest BCUT2D eigenvalue weighted by molar-refractivity contribution is 0.0690. The molecule has 2 heterocycles. The number of piperidine rings is 1. The molecule has 5 nitrogen and oxygen atoms in total. The highest BCUT2D eigenvalue weighted by molar-refractivity contribution is 5.94. The van der Waals surface area contributed by atoms with E-state index >= 15 is 0 Å². The summed E-state index contributed by atoms with van der Waals surface area (Å²) in [7, 11) is 0. The molecule has 1 fully saturated rings. The van der Waals surface area contributed by atoms with Crippen molar-refractivity contribution in [3.05, 3.63) is 60.4 Å². The summed E-state index contributed by atoms with van der Waals surface area (Å²) in [5.41, 5.74) is 3.82. The highest BCUT2D eigenvalue weighted by atomic mass is 16.2. The van der Waals surface area contributed by atoms with Crippen LogP contribution in [0, 0.1) is 5.92 Å². The molecule has 2 aromatic carbocycles. The lowest BCUT2D eigenvalue weighted by Gasteiger charge is -2.32. The Hall–Kier alpha value is -2.66. The first kappa shape index (κ1) is 17.7. The molecule has 3 aromatic rings. The molecule has 0 spiro atoms. The van der Waals surface area contributed by atoms with Crippen molar-refractivity contribution in [2.75, 3.05) is 26.2 Å². The average Bonchev–Trinajstić information content (AvgIpc) is 3.16. The minimum absolute atomic E-state index is 0.138. The van der Waals surface area contributed by atoms with E-state index in [9.17, 15) is 4.79 Å². The van der Waals surface area contributed by atoms with Crippen LogP contribution >= 0.6 is 0 Å². The molecule has 140 valence electrons. The fourth-order valence-electron chi connectivity index (χ4n) is 3.80. The number of carbonyl (C=O) groups is 1. The van der Waals surface area contributed by atoms with Crippen LogP contribution in [0.2, 0.25) is 0 Å². The number of benzene rings is 2. The summed E-state index contributed by atoms with van der Waals surface area (Å²) in [6, 6.07) is 15.9. The number of nitrogens with zero attached hydrogens (tertiary/aromatic N) is 3. The fraction of sp³-hybridized carbons (Fsp3) is 0.364. The van der Waals surface area contributed by atoms with Gasteiger partial charge in [-0.05, 0) is 68.2 Å². The van der Waals surface area contributed by atoms with Crippen molar-refractivity contribution < 1.29 is 4.79 Å². The normalized spacial score (nSPS) is 15.4. The number of hydrogen-bond donors (Lipinski definition) is 1. The third kappa shape index (κ3) is 3.74. The van der Waals surface area contributed by atoms with Crippen molar-refractivity contribution >= 4 is 16.9 Å². The number of aromatic nitrogens is 2. The Morgan fingerprint density at radius 3 is 2.59 bits per heavy atom. The first-order valence-corrected chi connectivity index (χ1v) is 9.79. The topological polar surface area (TPSA) is 50.2 Å². The van der Waals surface area contributed by atoms with Gasteiger partial charge in [-0.3, -0.25) is 9.36 Å². The van der Waals surface area contributed by atoms with Crippen LogP contribution in [-0.4, -0.2) is 46.5 Å². The van der Waals surface area contributed by atoms with Crippen molar-refractivity contribution in [1.82, 2.24) is 19.8 Å². The van der Waals surface area contributed by atoms with Crippen LogP contribution in [0.25, 0.3) is 16.7 Å². The van der Waals surface area contributed by atoms with Crippen LogP contribution in [0.5, 0.6) is 0 Å². The fourth-order valence-corrected chi connectivity index (χ4v) is 3.80. The van der Waals surface area contributed by atoms with Gasteiger partial charge in [-0.2, -0.15) is 0 Å². The summed E-state index contributed by atoms with van der Waals surface area (Å²) >= 11 is 0. The maximum absolute atomic E-state index is 12.8. The summed E-state index contributed by atoms with van der Waals surface area (Å²) < 4.78 is 2.05. The van der Waals surface area contributed by atoms with Gasteiger partial charge in [0.25, 0.3) is 5.91 Å². The number of fused-ring (bicyclic) bond motifs is 1. The zero-order valence-electron chi connectivity index (χ0n) is 15.8. The second-order valence-electron chi connectivity index (χ2n) is 7.19. The van der Waals surface area contributed by atoms with E-state index in [4.69, 9.17) is 0 Å². The van der Waals surface area contributed by atoms with Crippen LogP contribution in [0.4, 0.5) is 0 Å². The number of para-hydroxylation sites is 2. The van der Waals surface area contributed by atoms with Gasteiger partial charge < -0.3 is 10.2 Å². The number of likely N-dealkylation sites (tertiary alicyclic amines) is 1. The van der Waals surface area contributed by atoms with E-state index < -0.39 is 0 Å². The van der Waals surface area contributed by atoms with Crippen LogP contribution in [0.15, 0.2) is 54.9 Å². The molecular weight excluding hydrogens is 336 g/mol. The Labute approximate surface area is 160 Å². The molecule has 1 amide bonds. The molecule has 0 saturated carbocycles. The Morgan fingerprint density at radius 1 is 1.11 bits per heavy atom. The summed E-state index contributed by atoms with van der Waals surface area (Å²) in [4.78, 5) is 19.2. The van der Waals surface area contributed by atoms with Gasteiger partial charge in [0.2, 0.25) is 0 Å². The Bertz CT molecular complexity index is 907. The lowest BCUT2D eigenvalue weighted by Crippen LogP contribution is -2.40. The zero-order valence-corrected chi connectivity index (χ0v) is 15.8. The number of nitrogens with one attached hydrogen (secondary N) is 1. The van der Waals surface area contributed by atoms with E-state index in [0.29, 0.717) is 5.92 Å². The molecule has 0 atom stereocenters. The van der Waals surface area contributed by atoms with Gasteiger partial charge in [0.05, 0.1) is 11.0 Å². The summed E-state index contributed by atoms with van der Waals surface area (Å²) in [6.07, 6.45) is 3.99. The van der Waals surface area contributed by atoms with Crippen molar-refractivity contribution in [2.45, 2.75) is 19.8 Å². The van der Waals surface area contributed by atoms with Crippen LogP contribution in [0.1, 0.15) is 30.1 Å². The molecule has 0 radical (unpaired) electrons. The third-order valence-electron chi connectivity index (χ3n) is 5.43. The Balaban J connectivity index is 1.44. The minimum Gasteiger partial charge on any atom is -0.339 e. The van der Waals surface area contributed by atoms with Crippen LogP contribution < -0.4 is 5.32 Å². The largest absolute Gasteiger partial charge is 0.339 e. The first-order valence-electron chi connectivity index (χ1n) is 9.79. The quantitative estimate of drug-likeness (QED) is 0.756. The highest BCUT2D eigenvalue weighted by Gasteiger charge is 2.23. The van der Waals surface area contributed by atoms with Crippen molar-refractivity contribution in [2.24, 2.45) is 5.92 Å². The SMILES string of the molecule is CCNCC1CCN(C(=O)c2ccc(-n3cnc4ccccc43)cc2)CC1. The number of amides is 1. The Morgan fingerprint density at radius 2 is 1.85 bits per heavy atom. The minimum atomic E-state index is 0.138. The van der Waals surface area contributed by atoms with Gasteiger partial charge >= 0.3 is 0 Å². The molecule has 4 rings (SSSR count). The number of imidazole rings is 1. The summed E-state index contributed by atoms with van der Waals surface area (Å²) in [5.74, 6) is 0.824. The number of carbonyl (C=O) groups excluding carboxylic acids is 1. The van der Waals surface area contributed by atoms with Crippen molar-refractivity contribution in [3.8, 4) is 5.69 Å². The lowest BCUT2D eigenvalue weighted by atomic mass is 9.96. The molecular formula is C22H26N4O. The van der Waals surface area contributed by atoms with Gasteiger partial charge in [0.15, 0.2) is 0 Å². The van der Waals surface area contributed by atoms with Gasteiger partial charge in [0.1, 0.15) is 6.33 Å². The van der Waals surface area contributed by atoms with Crippen molar-refractivity contribution in [3.63, 3.8) is 0 Å². The van der Waals surface area contributed by atoms with Gasteiger partial charge in [-0.1, -0.05) is 19.1 Å². The predicted octanol–water partition coefficient (Wildman–Crippen LogP) is 3.49. The predicted molar refractivity (Wildman–Crippen MR) is 108 cm³/mol. The van der Waals surface area contributed by atoms with Gasteiger partial charge in [-0.25, -0.2) is 4.98 Å². The van der Waals surface area contributed by atoms with Crippen LogP contribution in [0.3, 0.4) is 0 Å². The molecule has 27 heavy (non-hydrogen) atoms. The van der Waals surface area contributed by atoms with E-state index in [2.05, 4.69) is 27.9 Å². The molecule has 1 N–H and O–H groups in total. The molecule has 1 aromatic heterocycles. The molecule has 1 aliphatic rings. The number of rotatable bonds is 5. The average molecular weight is 362 g/mol. The monoisotopic (exact) mass is 362 g/mol. The van der Waals surface area contributed by atoms with Gasteiger partial charge in [0, 0.05) is 24.3 Å². The van der Waals surface area contributed by atoms with Crippen LogP contribution in [-0.2, 0) is 0 Å². The maximum Gasteiger partial charge on any atom is 0.253 e. The van der Waals surface area contributed by atoms with Gasteiger partial charge in [-0.15, -0.1) is 0 Å². The van der Waals surface area contributed by atoms with E-state index in [1.807, 2.05) is 53.7 Å². The van der Waals surface area contributed by atoms with E-state index in [1.165, 1.54) is 0 Å². The van der Waals surface area contributed by atoms with E-state index in [1.54, 1.807) is 0 Å². The summed E-state index contributed by atoms with van der Waals surface area (Å²) in [6.45, 7) is 5.91. The van der Waals surface area contributed by atoms with Crippen molar-refractivity contribution in [1.29, 1.82) is 0 Å². The van der Waals surface area contributed by atoms with E-state index in [-0.39, 0.29) is 5.91 Å². The zero-order chi connectivity index (χ0) is 18.6. The molecule has 0 unspecified atom stereocenters. The molecule has 5 heteroatoms. The maximum atomic E-state index is 12.8. The summed E-state index contributed by atoms with van der Waals surface area (Å²) in [5, 5.41) is 3.42. The second-order valence-corrected chi connectivity index (χ2v) is 7.19. The Kier molecular flexibility index (Phi) is 5.21. The smallest absolute Gasteiger partial charge is 0.253 e. The number of hydrogen-bond acceptors (Lipinski definition) is 3. The highest BCUT2D eigenvalue weighted by Crippen LogP contribution is 2.21. The van der Waals surface area contributed by atoms with E-state index in [0.717, 1.165) is 61.3 Å².